The van der Waals surface area contributed by atoms with E-state index in [1.165, 1.54) is 19.1 Å². The van der Waals surface area contributed by atoms with E-state index in [-0.39, 0.29) is 12.6 Å². The zero-order valence-electron chi connectivity index (χ0n) is 24.5. The molecule has 1 atom stereocenters. The van der Waals surface area contributed by atoms with E-state index >= 15 is 0 Å². The second-order valence-corrected chi connectivity index (χ2v) is 12.1. The number of allylic oxidation sites excluding steroid dienone is 8. The van der Waals surface area contributed by atoms with Gasteiger partial charge < -0.3 is 9.29 Å². The SMILES string of the molecule is C=C(/C=C\C(=C/C)OS(=O)(=O)C(F)(F)F)/C(C1=CCC(N2CCN(C(C)C)CC2)C=C1)=C(\CCCO)c1ccccc1. The summed E-state index contributed by atoms with van der Waals surface area (Å²) in [5, 5.41) is 9.64. The minimum Gasteiger partial charge on any atom is -0.396 e. The van der Waals surface area contributed by atoms with Gasteiger partial charge in [0, 0.05) is 44.9 Å². The Hall–Kier alpha value is -2.92. The third-order valence-electron chi connectivity index (χ3n) is 7.47. The molecule has 2 aliphatic rings. The number of rotatable bonds is 12. The van der Waals surface area contributed by atoms with E-state index in [9.17, 15) is 26.7 Å². The van der Waals surface area contributed by atoms with Crippen LogP contribution < -0.4 is 0 Å². The summed E-state index contributed by atoms with van der Waals surface area (Å²) in [7, 11) is -5.81. The van der Waals surface area contributed by atoms with E-state index in [0.29, 0.717) is 24.5 Å². The smallest absolute Gasteiger partial charge is 0.396 e. The highest BCUT2D eigenvalue weighted by Gasteiger charge is 2.48. The van der Waals surface area contributed by atoms with Crippen LogP contribution >= 0.6 is 0 Å². The third-order valence-corrected chi connectivity index (χ3v) is 8.45. The van der Waals surface area contributed by atoms with Gasteiger partial charge in [0.05, 0.1) is 0 Å². The molecule has 1 fully saturated rings. The van der Waals surface area contributed by atoms with Crippen molar-refractivity contribution in [3.8, 4) is 0 Å². The maximum Gasteiger partial charge on any atom is 0.534 e. The molecular formula is C32H41F3N2O4S. The number of piperazine rings is 1. The second-order valence-electron chi connectivity index (χ2n) is 10.6. The minimum atomic E-state index is -5.81. The largest absolute Gasteiger partial charge is 0.534 e. The predicted molar refractivity (Wildman–Crippen MR) is 162 cm³/mol. The van der Waals surface area contributed by atoms with E-state index < -0.39 is 21.4 Å². The zero-order chi connectivity index (χ0) is 30.9. The van der Waals surface area contributed by atoms with Crippen molar-refractivity contribution in [2.24, 2.45) is 0 Å². The van der Waals surface area contributed by atoms with Gasteiger partial charge in [-0.05, 0) is 80.0 Å². The van der Waals surface area contributed by atoms with Gasteiger partial charge in [-0.2, -0.15) is 21.6 Å². The topological polar surface area (TPSA) is 70.1 Å². The summed E-state index contributed by atoms with van der Waals surface area (Å²) in [6, 6.07) is 10.4. The van der Waals surface area contributed by atoms with Crippen molar-refractivity contribution >= 4 is 15.7 Å². The summed E-state index contributed by atoms with van der Waals surface area (Å²) in [6.07, 6.45) is 12.0. The molecule has 6 nitrogen and oxygen atoms in total. The zero-order valence-corrected chi connectivity index (χ0v) is 25.3. The van der Waals surface area contributed by atoms with Crippen molar-refractivity contribution < 1.29 is 30.9 Å². The van der Waals surface area contributed by atoms with Crippen molar-refractivity contribution in [2.75, 3.05) is 32.8 Å². The first-order chi connectivity index (χ1) is 19.9. The molecule has 42 heavy (non-hydrogen) atoms. The molecule has 0 aromatic heterocycles. The van der Waals surface area contributed by atoms with Gasteiger partial charge in [-0.1, -0.05) is 61.2 Å². The summed E-state index contributed by atoms with van der Waals surface area (Å²) in [5.74, 6) is -0.474. The van der Waals surface area contributed by atoms with Crippen LogP contribution in [-0.2, 0) is 14.3 Å². The average Bonchev–Trinajstić information content (AvgIpc) is 2.97. The lowest BCUT2D eigenvalue weighted by Gasteiger charge is -2.40. The van der Waals surface area contributed by atoms with Crippen LogP contribution in [0.15, 0.2) is 95.8 Å². The molecule has 0 spiro atoms. The lowest BCUT2D eigenvalue weighted by molar-refractivity contribution is -0.0519. The van der Waals surface area contributed by atoms with Crippen LogP contribution in [0.4, 0.5) is 13.2 Å². The highest BCUT2D eigenvalue weighted by molar-refractivity contribution is 7.87. The first-order valence-electron chi connectivity index (χ1n) is 14.2. The van der Waals surface area contributed by atoms with Crippen LogP contribution in [0.2, 0.25) is 0 Å². The molecule has 0 saturated carbocycles. The van der Waals surface area contributed by atoms with Crippen molar-refractivity contribution in [1.29, 1.82) is 0 Å². The monoisotopic (exact) mass is 606 g/mol. The molecule has 1 aromatic rings. The van der Waals surface area contributed by atoms with Crippen molar-refractivity contribution in [3.63, 3.8) is 0 Å². The van der Waals surface area contributed by atoms with E-state index in [1.54, 1.807) is 0 Å². The summed E-state index contributed by atoms with van der Waals surface area (Å²) < 4.78 is 66.2. The molecule has 230 valence electrons. The van der Waals surface area contributed by atoms with Crippen LogP contribution in [0.3, 0.4) is 0 Å². The number of hydrogen-bond donors (Lipinski definition) is 1. The summed E-state index contributed by atoms with van der Waals surface area (Å²) >= 11 is 0. The van der Waals surface area contributed by atoms with Crippen LogP contribution in [0, 0.1) is 0 Å². The van der Waals surface area contributed by atoms with Crippen LogP contribution in [0.5, 0.6) is 0 Å². The van der Waals surface area contributed by atoms with Crippen molar-refractivity contribution in [1.82, 2.24) is 9.80 Å². The Morgan fingerprint density at radius 1 is 1.14 bits per heavy atom. The fourth-order valence-electron chi connectivity index (χ4n) is 5.13. The molecule has 1 aliphatic heterocycles. The number of hydrogen-bond acceptors (Lipinski definition) is 6. The second kappa shape index (κ2) is 15.0. The average molecular weight is 607 g/mol. The minimum absolute atomic E-state index is 0.0168. The molecule has 0 radical (unpaired) electrons. The third kappa shape index (κ3) is 8.80. The number of alkyl halides is 3. The van der Waals surface area contributed by atoms with Gasteiger partial charge in [-0.25, -0.2) is 0 Å². The summed E-state index contributed by atoms with van der Waals surface area (Å²) in [4.78, 5) is 4.94. The van der Waals surface area contributed by atoms with E-state index in [0.717, 1.165) is 61.0 Å². The Morgan fingerprint density at radius 3 is 2.33 bits per heavy atom. The van der Waals surface area contributed by atoms with E-state index in [4.69, 9.17) is 0 Å². The van der Waals surface area contributed by atoms with Gasteiger partial charge in [0.2, 0.25) is 0 Å². The fraction of sp³-hybridized carbons (Fsp3) is 0.438. The summed E-state index contributed by atoms with van der Waals surface area (Å²) in [5.41, 5.74) is -1.54. The fourth-order valence-corrected chi connectivity index (χ4v) is 5.62. The maximum absolute atomic E-state index is 12.9. The molecule has 10 heteroatoms. The molecule has 3 rings (SSSR count). The highest BCUT2D eigenvalue weighted by atomic mass is 32.2. The van der Waals surface area contributed by atoms with Gasteiger partial charge in [0.1, 0.15) is 5.76 Å². The Kier molecular flexibility index (Phi) is 12.0. The molecule has 1 heterocycles. The number of nitrogens with zero attached hydrogens (tertiary/aromatic N) is 2. The lowest BCUT2D eigenvalue weighted by atomic mass is 9.84. The summed E-state index contributed by atoms with van der Waals surface area (Å²) in [6.45, 7) is 14.0. The van der Waals surface area contributed by atoms with Gasteiger partial charge in [0.15, 0.2) is 0 Å². The normalized spacial score (nSPS) is 20.1. The Balaban J connectivity index is 1.95. The van der Waals surface area contributed by atoms with Crippen LogP contribution in [0.25, 0.3) is 5.57 Å². The number of benzene rings is 1. The Morgan fingerprint density at radius 2 is 1.81 bits per heavy atom. The molecule has 1 N–H and O–H groups in total. The molecule has 1 aromatic carbocycles. The lowest BCUT2D eigenvalue weighted by Crippen LogP contribution is -2.51. The van der Waals surface area contributed by atoms with Gasteiger partial charge >= 0.3 is 15.6 Å². The van der Waals surface area contributed by atoms with Gasteiger partial charge in [-0.15, -0.1) is 0 Å². The number of aliphatic hydroxyl groups is 1. The van der Waals surface area contributed by atoms with Crippen molar-refractivity contribution in [3.05, 3.63) is 101 Å². The van der Waals surface area contributed by atoms with Crippen LogP contribution in [-0.4, -0.2) is 73.7 Å². The standard InChI is InChI=1S/C32H41F3N2O4S/c1-5-29(41-42(39,40)32(33,34)35)18-13-25(4)31(30(12-9-23-38)26-10-7-6-8-11-26)27-14-16-28(17-15-27)37-21-19-36(20-22-37)24(2)3/h5-8,10-11,13-16,18,24,28,38H,4,9,12,17,19-23H2,1-3H3/b18-13-,29-5+,31-30-. The Bertz CT molecular complexity index is 1340. The first kappa shape index (κ1) is 33.6. The van der Waals surface area contributed by atoms with Gasteiger partial charge in [0.25, 0.3) is 0 Å². The Labute approximate surface area is 248 Å². The molecular weight excluding hydrogens is 565 g/mol. The number of aliphatic hydroxyl groups excluding tert-OH is 1. The molecule has 1 unspecified atom stereocenters. The number of halogens is 3. The van der Waals surface area contributed by atoms with E-state index in [1.807, 2.05) is 30.3 Å². The quantitative estimate of drug-likeness (QED) is 0.129. The molecule has 1 saturated heterocycles. The molecule has 0 bridgehead atoms. The predicted octanol–water partition coefficient (Wildman–Crippen LogP) is 6.38. The van der Waals surface area contributed by atoms with E-state index in [2.05, 4.69) is 52.6 Å². The maximum atomic E-state index is 12.9. The highest BCUT2D eigenvalue weighted by Crippen LogP contribution is 2.36. The molecule has 1 aliphatic carbocycles. The first-order valence-corrected chi connectivity index (χ1v) is 15.6. The molecule has 0 amide bonds. The van der Waals surface area contributed by atoms with Crippen LogP contribution in [0.1, 0.15) is 45.6 Å². The van der Waals surface area contributed by atoms with Gasteiger partial charge in [-0.3, -0.25) is 9.80 Å². The van der Waals surface area contributed by atoms with Crippen molar-refractivity contribution in [2.45, 2.75) is 57.6 Å².